The second-order valence-corrected chi connectivity index (χ2v) is 7.75. The molecular weight excluding hydrogens is 420 g/mol. The number of aryl methyl sites for hydroxylation is 1. The number of nitrogens with one attached hydrogen (secondary N) is 1. The number of imide groups is 1. The van der Waals surface area contributed by atoms with Crippen molar-refractivity contribution in [2.75, 3.05) is 18.5 Å². The molecule has 0 radical (unpaired) electrons. The fraction of sp³-hybridized carbons (Fsp3) is 0.154. The Kier molecular flexibility index (Phi) is 6.31. The average Bonchev–Trinajstić information content (AvgIpc) is 3.07. The molecule has 7 heteroatoms. The van der Waals surface area contributed by atoms with Gasteiger partial charge in [-0.1, -0.05) is 48.0 Å². The van der Waals surface area contributed by atoms with Crippen LogP contribution in [-0.4, -0.2) is 41.7 Å². The van der Waals surface area contributed by atoms with E-state index in [1.54, 1.807) is 12.1 Å². The summed E-state index contributed by atoms with van der Waals surface area (Å²) in [4.78, 5) is 51.1. The third kappa shape index (κ3) is 4.98. The highest BCUT2D eigenvalue weighted by Gasteiger charge is 2.35. The third-order valence-corrected chi connectivity index (χ3v) is 5.34. The van der Waals surface area contributed by atoms with Gasteiger partial charge in [0, 0.05) is 12.2 Å². The van der Waals surface area contributed by atoms with Crippen molar-refractivity contribution in [3.63, 3.8) is 0 Å². The summed E-state index contributed by atoms with van der Waals surface area (Å²) in [6.45, 7) is 1.71. The van der Waals surface area contributed by atoms with Gasteiger partial charge in [-0.15, -0.1) is 0 Å². The van der Waals surface area contributed by atoms with Gasteiger partial charge < -0.3 is 10.1 Å². The second-order valence-electron chi connectivity index (χ2n) is 7.75. The van der Waals surface area contributed by atoms with E-state index < -0.39 is 24.4 Å². The number of hydrogen-bond acceptors (Lipinski definition) is 5. The average molecular weight is 442 g/mol. The van der Waals surface area contributed by atoms with E-state index >= 15 is 0 Å². The largest absolute Gasteiger partial charge is 0.452 e. The van der Waals surface area contributed by atoms with Crippen molar-refractivity contribution in [2.24, 2.45) is 0 Å². The molecule has 166 valence electrons. The van der Waals surface area contributed by atoms with E-state index in [1.165, 1.54) is 23.1 Å². The van der Waals surface area contributed by atoms with Crippen LogP contribution in [0, 0.1) is 6.92 Å². The zero-order valence-corrected chi connectivity index (χ0v) is 18.0. The number of ether oxygens (including phenoxy) is 1. The van der Waals surface area contributed by atoms with Gasteiger partial charge in [-0.25, -0.2) is 4.79 Å². The van der Waals surface area contributed by atoms with Crippen LogP contribution in [0.1, 0.15) is 42.2 Å². The minimum atomic E-state index is -0.750. The number of hydrogen-bond donors (Lipinski definition) is 1. The van der Waals surface area contributed by atoms with Crippen LogP contribution in [0.3, 0.4) is 0 Å². The smallest absolute Gasteiger partial charge is 0.338 e. The van der Waals surface area contributed by atoms with Crippen molar-refractivity contribution in [3.8, 4) is 0 Å². The number of esters is 1. The summed E-state index contributed by atoms with van der Waals surface area (Å²) in [5, 5.41) is 2.64. The van der Waals surface area contributed by atoms with Crippen molar-refractivity contribution in [1.29, 1.82) is 0 Å². The monoisotopic (exact) mass is 442 g/mol. The first kappa shape index (κ1) is 22.0. The zero-order valence-electron chi connectivity index (χ0n) is 18.0. The topological polar surface area (TPSA) is 92.8 Å². The summed E-state index contributed by atoms with van der Waals surface area (Å²) in [7, 11) is 0. The molecule has 0 spiro atoms. The predicted octanol–water partition coefficient (Wildman–Crippen LogP) is 3.63. The number of carbonyl (C=O) groups excluding carboxylic acids is 4. The molecule has 0 fully saturated rings. The first-order valence-corrected chi connectivity index (χ1v) is 10.5. The Bertz CT molecular complexity index is 1220. The fourth-order valence-electron chi connectivity index (χ4n) is 3.55. The maximum Gasteiger partial charge on any atom is 0.338 e. The van der Waals surface area contributed by atoms with Gasteiger partial charge in [0.1, 0.15) is 0 Å². The molecule has 3 aromatic carbocycles. The van der Waals surface area contributed by atoms with Crippen LogP contribution in [-0.2, 0) is 16.0 Å². The minimum Gasteiger partial charge on any atom is -0.452 e. The van der Waals surface area contributed by atoms with E-state index in [4.69, 9.17) is 4.74 Å². The summed E-state index contributed by atoms with van der Waals surface area (Å²) in [6, 6.07) is 21.0. The lowest BCUT2D eigenvalue weighted by Gasteiger charge is -2.13. The Morgan fingerprint density at radius 1 is 0.879 bits per heavy atom. The summed E-state index contributed by atoms with van der Waals surface area (Å²) in [5.41, 5.74) is 3.18. The van der Waals surface area contributed by atoms with E-state index in [2.05, 4.69) is 5.32 Å². The number of anilines is 1. The molecule has 0 aliphatic carbocycles. The van der Waals surface area contributed by atoms with Gasteiger partial charge in [0.15, 0.2) is 6.61 Å². The number of fused-ring (bicyclic) bond motifs is 1. The molecule has 1 aliphatic heterocycles. The molecule has 0 unspecified atom stereocenters. The van der Waals surface area contributed by atoms with Crippen molar-refractivity contribution in [2.45, 2.75) is 13.3 Å². The lowest BCUT2D eigenvalue weighted by molar-refractivity contribution is -0.119. The Labute approximate surface area is 191 Å². The number of carbonyl (C=O) groups is 4. The van der Waals surface area contributed by atoms with Gasteiger partial charge in [-0.2, -0.15) is 0 Å². The van der Waals surface area contributed by atoms with Gasteiger partial charge in [-0.05, 0) is 49.2 Å². The summed E-state index contributed by atoms with van der Waals surface area (Å²) in [6.07, 6.45) is 0.539. The summed E-state index contributed by atoms with van der Waals surface area (Å²) >= 11 is 0. The standard InChI is InChI=1S/C26H22N2O5/c1-17-7-10-20(11-8-17)27-23(29)16-33-26(32)19-9-12-21-22(15-19)25(31)28(24(21)30)14-13-18-5-3-2-4-6-18/h2-12,15H,13-14,16H2,1H3,(H,27,29). The van der Waals surface area contributed by atoms with Crippen molar-refractivity contribution < 1.29 is 23.9 Å². The highest BCUT2D eigenvalue weighted by Crippen LogP contribution is 2.24. The van der Waals surface area contributed by atoms with Crippen LogP contribution in [0.15, 0.2) is 72.8 Å². The fourth-order valence-corrected chi connectivity index (χ4v) is 3.55. The Morgan fingerprint density at radius 2 is 1.58 bits per heavy atom. The van der Waals surface area contributed by atoms with E-state index in [0.717, 1.165) is 11.1 Å². The van der Waals surface area contributed by atoms with E-state index in [-0.39, 0.29) is 29.1 Å². The molecule has 33 heavy (non-hydrogen) atoms. The lowest BCUT2D eigenvalue weighted by Crippen LogP contribution is -2.31. The first-order chi connectivity index (χ1) is 15.9. The third-order valence-electron chi connectivity index (χ3n) is 5.34. The first-order valence-electron chi connectivity index (χ1n) is 10.5. The van der Waals surface area contributed by atoms with Crippen LogP contribution in [0.25, 0.3) is 0 Å². The van der Waals surface area contributed by atoms with Crippen molar-refractivity contribution in [3.05, 3.63) is 101 Å². The normalized spacial score (nSPS) is 12.5. The molecule has 1 N–H and O–H groups in total. The number of rotatable bonds is 7. The molecule has 4 rings (SSSR count). The number of amides is 3. The van der Waals surface area contributed by atoms with Crippen LogP contribution >= 0.6 is 0 Å². The molecule has 0 saturated heterocycles. The molecule has 3 aromatic rings. The molecule has 1 aliphatic rings. The van der Waals surface area contributed by atoms with Crippen molar-refractivity contribution in [1.82, 2.24) is 4.90 Å². The van der Waals surface area contributed by atoms with Crippen LogP contribution in [0.4, 0.5) is 5.69 Å². The molecule has 0 atom stereocenters. The van der Waals surface area contributed by atoms with Gasteiger partial charge in [0.25, 0.3) is 17.7 Å². The number of benzene rings is 3. The van der Waals surface area contributed by atoms with E-state index in [0.29, 0.717) is 12.1 Å². The van der Waals surface area contributed by atoms with Crippen LogP contribution < -0.4 is 5.32 Å². The predicted molar refractivity (Wildman–Crippen MR) is 122 cm³/mol. The molecule has 0 bridgehead atoms. The van der Waals surface area contributed by atoms with E-state index in [1.807, 2.05) is 49.4 Å². The summed E-state index contributed by atoms with van der Waals surface area (Å²) < 4.78 is 5.08. The van der Waals surface area contributed by atoms with Gasteiger partial charge in [0.2, 0.25) is 0 Å². The molecular formula is C26H22N2O5. The molecule has 0 aromatic heterocycles. The Hall–Kier alpha value is -4.26. The maximum absolute atomic E-state index is 12.8. The van der Waals surface area contributed by atoms with Crippen molar-refractivity contribution >= 4 is 29.4 Å². The van der Waals surface area contributed by atoms with Gasteiger partial charge >= 0.3 is 5.97 Å². The molecule has 3 amide bonds. The molecule has 1 heterocycles. The second kappa shape index (κ2) is 9.48. The molecule has 7 nitrogen and oxygen atoms in total. The Balaban J connectivity index is 1.37. The highest BCUT2D eigenvalue weighted by molar-refractivity contribution is 6.22. The summed E-state index contributed by atoms with van der Waals surface area (Å²) in [5.74, 6) is -2.06. The highest BCUT2D eigenvalue weighted by atomic mass is 16.5. The number of nitrogens with zero attached hydrogens (tertiary/aromatic N) is 1. The Morgan fingerprint density at radius 3 is 2.30 bits per heavy atom. The van der Waals surface area contributed by atoms with E-state index in [9.17, 15) is 19.2 Å². The van der Waals surface area contributed by atoms with Crippen LogP contribution in [0.2, 0.25) is 0 Å². The SMILES string of the molecule is Cc1ccc(NC(=O)COC(=O)c2ccc3c(c2)C(=O)N(CCc2ccccc2)C3=O)cc1. The lowest BCUT2D eigenvalue weighted by atomic mass is 10.1. The van der Waals surface area contributed by atoms with Gasteiger partial charge in [-0.3, -0.25) is 19.3 Å². The maximum atomic E-state index is 12.8. The quantitative estimate of drug-likeness (QED) is 0.446. The molecule has 0 saturated carbocycles. The minimum absolute atomic E-state index is 0.0999. The van der Waals surface area contributed by atoms with Gasteiger partial charge in [0.05, 0.1) is 16.7 Å². The van der Waals surface area contributed by atoms with Crippen LogP contribution in [0.5, 0.6) is 0 Å². The zero-order chi connectivity index (χ0) is 23.4.